The Hall–Kier alpha value is -3.54. The Bertz CT molecular complexity index is 1480. The third-order valence-electron chi connectivity index (χ3n) is 8.82. The van der Waals surface area contributed by atoms with Crippen molar-refractivity contribution in [2.45, 2.75) is 109 Å². The molecule has 1 aliphatic rings. The third kappa shape index (κ3) is 10.2. The average molecular weight is 669 g/mol. The highest BCUT2D eigenvalue weighted by Crippen LogP contribution is 2.32. The highest BCUT2D eigenvalue weighted by molar-refractivity contribution is 7.99. The molecule has 0 bridgehead atoms. The summed E-state index contributed by atoms with van der Waals surface area (Å²) in [6, 6.07) is 7.84. The summed E-state index contributed by atoms with van der Waals surface area (Å²) in [7, 11) is 1.64. The molecule has 4 rings (SSSR count). The number of methoxy groups -OCH3 is 1. The maximum Gasteiger partial charge on any atom is 0.408 e. The SMILES string of the molecule is CCCCC(CC)CC(CSc1nn(Cc2ccc(OC)cc2)c2nc(N3CCC(C)(NC(=O)OC(C)(C)C)CC3)cnc12)C(=O)O. The van der Waals surface area contributed by atoms with E-state index in [0.717, 1.165) is 55.7 Å². The zero-order chi connectivity index (χ0) is 34.2. The van der Waals surface area contributed by atoms with Crippen LogP contribution in [0.15, 0.2) is 35.5 Å². The molecule has 2 atom stereocenters. The summed E-state index contributed by atoms with van der Waals surface area (Å²) < 4.78 is 12.7. The van der Waals surface area contributed by atoms with Crippen molar-refractivity contribution in [3.05, 3.63) is 36.0 Å². The number of alkyl carbamates (subject to hydrolysis) is 1. The van der Waals surface area contributed by atoms with Crippen molar-refractivity contribution < 1.29 is 24.2 Å². The van der Waals surface area contributed by atoms with Crippen molar-refractivity contribution in [1.29, 1.82) is 0 Å². The second-order valence-corrected chi connectivity index (χ2v) is 14.9. The number of thioether (sulfide) groups is 1. The molecule has 11 nitrogen and oxygen atoms in total. The van der Waals surface area contributed by atoms with E-state index in [9.17, 15) is 14.7 Å². The van der Waals surface area contributed by atoms with Crippen LogP contribution in [0.25, 0.3) is 11.2 Å². The Balaban J connectivity index is 1.55. The predicted molar refractivity (Wildman–Crippen MR) is 186 cm³/mol. The zero-order valence-electron chi connectivity index (χ0n) is 29.0. The highest BCUT2D eigenvalue weighted by atomic mass is 32.2. The van der Waals surface area contributed by atoms with Gasteiger partial charge in [-0.3, -0.25) is 4.79 Å². The van der Waals surface area contributed by atoms with Gasteiger partial charge in [0.15, 0.2) is 5.65 Å². The van der Waals surface area contributed by atoms with Gasteiger partial charge in [-0.05, 0) is 70.6 Å². The predicted octanol–water partition coefficient (Wildman–Crippen LogP) is 7.17. The molecule has 47 heavy (non-hydrogen) atoms. The Morgan fingerprint density at radius 3 is 2.45 bits per heavy atom. The largest absolute Gasteiger partial charge is 0.497 e. The zero-order valence-corrected chi connectivity index (χ0v) is 29.9. The second kappa shape index (κ2) is 16.0. The first kappa shape index (κ1) is 36.3. The number of ether oxygens (including phenoxy) is 2. The van der Waals surface area contributed by atoms with E-state index in [0.29, 0.717) is 53.9 Å². The molecule has 0 aliphatic carbocycles. The van der Waals surface area contributed by atoms with Crippen LogP contribution in [0.1, 0.15) is 92.1 Å². The van der Waals surface area contributed by atoms with Gasteiger partial charge in [0.25, 0.3) is 0 Å². The van der Waals surface area contributed by atoms with Crippen molar-refractivity contribution in [1.82, 2.24) is 25.1 Å². The van der Waals surface area contributed by atoms with Gasteiger partial charge in [0.1, 0.15) is 27.7 Å². The fourth-order valence-corrected chi connectivity index (χ4v) is 6.95. The number of aromatic nitrogens is 4. The van der Waals surface area contributed by atoms with Crippen molar-refractivity contribution in [3.8, 4) is 5.75 Å². The van der Waals surface area contributed by atoms with E-state index in [1.165, 1.54) is 11.8 Å². The van der Waals surface area contributed by atoms with Crippen LogP contribution in [0, 0.1) is 11.8 Å². The van der Waals surface area contributed by atoms with Crippen LogP contribution in [-0.2, 0) is 16.1 Å². The molecule has 2 unspecified atom stereocenters. The van der Waals surface area contributed by atoms with Gasteiger partial charge in [-0.2, -0.15) is 5.10 Å². The lowest BCUT2D eigenvalue weighted by Crippen LogP contribution is -2.54. The van der Waals surface area contributed by atoms with Gasteiger partial charge in [0, 0.05) is 24.4 Å². The van der Waals surface area contributed by atoms with Gasteiger partial charge in [-0.25, -0.2) is 19.4 Å². The number of carbonyl (C=O) groups excluding carboxylic acids is 1. The Morgan fingerprint density at radius 1 is 1.15 bits per heavy atom. The number of hydrogen-bond acceptors (Lipinski definition) is 9. The smallest absolute Gasteiger partial charge is 0.408 e. The molecule has 12 heteroatoms. The summed E-state index contributed by atoms with van der Waals surface area (Å²) >= 11 is 1.45. The number of nitrogens with zero attached hydrogens (tertiary/aromatic N) is 5. The van der Waals surface area contributed by atoms with Gasteiger partial charge in [-0.15, -0.1) is 11.8 Å². The summed E-state index contributed by atoms with van der Waals surface area (Å²) in [4.78, 5) is 36.9. The summed E-state index contributed by atoms with van der Waals surface area (Å²) in [6.45, 7) is 13.8. The lowest BCUT2D eigenvalue weighted by atomic mass is 9.89. The van der Waals surface area contributed by atoms with Gasteiger partial charge in [0.05, 0.1) is 25.8 Å². The molecule has 0 spiro atoms. The van der Waals surface area contributed by atoms with Gasteiger partial charge < -0.3 is 24.8 Å². The number of anilines is 1. The highest BCUT2D eigenvalue weighted by Gasteiger charge is 2.34. The molecule has 3 aromatic rings. The van der Waals surface area contributed by atoms with E-state index in [2.05, 4.69) is 24.1 Å². The third-order valence-corrected chi connectivity index (χ3v) is 9.93. The molecule has 1 aliphatic heterocycles. The van der Waals surface area contributed by atoms with Crippen LogP contribution in [-0.4, -0.2) is 74.0 Å². The number of unbranched alkanes of at least 4 members (excludes halogenated alkanes) is 1. The monoisotopic (exact) mass is 668 g/mol. The molecule has 1 amide bonds. The molecule has 258 valence electrons. The average Bonchev–Trinajstić information content (AvgIpc) is 3.36. The van der Waals surface area contributed by atoms with E-state index < -0.39 is 23.6 Å². The quantitative estimate of drug-likeness (QED) is 0.161. The number of carboxylic acids is 1. The second-order valence-electron chi connectivity index (χ2n) is 13.9. The number of piperidine rings is 1. The van der Waals surface area contributed by atoms with Crippen LogP contribution in [0.5, 0.6) is 5.75 Å². The van der Waals surface area contributed by atoms with Crippen molar-refractivity contribution in [2.75, 3.05) is 30.9 Å². The van der Waals surface area contributed by atoms with E-state index in [-0.39, 0.29) is 5.54 Å². The number of hydrogen-bond donors (Lipinski definition) is 2. The number of carboxylic acid groups (broad SMARTS) is 1. The molecule has 1 saturated heterocycles. The molecule has 0 radical (unpaired) electrons. The number of carbonyl (C=O) groups is 2. The fraction of sp³-hybridized carbons (Fsp3) is 0.629. The first-order valence-corrected chi connectivity index (χ1v) is 17.8. The molecular weight excluding hydrogens is 616 g/mol. The summed E-state index contributed by atoms with van der Waals surface area (Å²) in [6.07, 6.45) is 7.76. The van der Waals surface area contributed by atoms with E-state index >= 15 is 0 Å². The number of amides is 1. The molecule has 0 saturated carbocycles. The number of rotatable bonds is 15. The molecule has 3 heterocycles. The van der Waals surface area contributed by atoms with Crippen molar-refractivity contribution >= 4 is 40.8 Å². The number of nitrogens with one attached hydrogen (secondary N) is 1. The van der Waals surface area contributed by atoms with Crippen LogP contribution in [0.2, 0.25) is 0 Å². The van der Waals surface area contributed by atoms with Gasteiger partial charge in [0.2, 0.25) is 0 Å². The molecule has 2 aromatic heterocycles. The van der Waals surface area contributed by atoms with Crippen LogP contribution in [0.3, 0.4) is 0 Å². The Labute approximate surface area is 283 Å². The fourth-order valence-electron chi connectivity index (χ4n) is 5.88. The minimum absolute atomic E-state index is 0.385. The van der Waals surface area contributed by atoms with E-state index in [1.807, 2.05) is 56.6 Å². The lowest BCUT2D eigenvalue weighted by molar-refractivity contribution is -0.141. The molecule has 1 aromatic carbocycles. The van der Waals surface area contributed by atoms with Crippen molar-refractivity contribution in [3.63, 3.8) is 0 Å². The minimum Gasteiger partial charge on any atom is -0.497 e. The summed E-state index contributed by atoms with van der Waals surface area (Å²) in [5.74, 6) is 1.11. The number of aliphatic carboxylic acids is 1. The van der Waals surface area contributed by atoms with E-state index in [4.69, 9.17) is 24.5 Å². The molecular formula is C35H52N6O5S. The van der Waals surface area contributed by atoms with E-state index in [1.54, 1.807) is 13.3 Å². The summed E-state index contributed by atoms with van der Waals surface area (Å²) in [5, 5.41) is 18.8. The van der Waals surface area contributed by atoms with Crippen molar-refractivity contribution in [2.24, 2.45) is 11.8 Å². The Kier molecular flexibility index (Phi) is 12.4. The maximum absolute atomic E-state index is 12.5. The van der Waals surface area contributed by atoms with Crippen LogP contribution in [0.4, 0.5) is 10.6 Å². The van der Waals surface area contributed by atoms with Gasteiger partial charge >= 0.3 is 12.1 Å². The number of benzene rings is 1. The van der Waals surface area contributed by atoms with Crippen LogP contribution >= 0.6 is 11.8 Å². The number of fused-ring (bicyclic) bond motifs is 1. The summed E-state index contributed by atoms with van der Waals surface area (Å²) in [5.41, 5.74) is 1.42. The first-order valence-electron chi connectivity index (χ1n) is 16.8. The normalized spacial score (nSPS) is 16.1. The maximum atomic E-state index is 12.5. The minimum atomic E-state index is -0.763. The standard InChI is InChI=1S/C35H52N6O5S/c1-8-10-11-24(9-2)20-26(32(42)43)23-47-31-29-30(41(39-31)22-25-12-14-27(45-7)15-13-25)37-28(21-36-29)40-18-16-35(6,17-19-40)38-33(44)46-34(3,4)5/h12-15,21,24,26H,8-11,16-20,22-23H2,1-7H3,(H,38,44)(H,42,43). The van der Waals surface area contributed by atoms with Gasteiger partial charge in [-0.1, -0.05) is 51.7 Å². The topological polar surface area (TPSA) is 132 Å². The first-order chi connectivity index (χ1) is 22.3. The Morgan fingerprint density at radius 2 is 1.85 bits per heavy atom. The lowest BCUT2D eigenvalue weighted by Gasteiger charge is -2.40. The molecule has 2 N–H and O–H groups in total. The molecule has 1 fully saturated rings. The van der Waals surface area contributed by atoms with Crippen LogP contribution < -0.4 is 15.0 Å².